The predicted octanol–water partition coefficient (Wildman–Crippen LogP) is 3.16. The maximum Gasteiger partial charge on any atom is 0.194 e. The van der Waals surface area contributed by atoms with E-state index < -0.39 is 0 Å². The summed E-state index contributed by atoms with van der Waals surface area (Å²) in [6.07, 6.45) is 1.55. The summed E-state index contributed by atoms with van der Waals surface area (Å²) in [7, 11) is 0. The number of hydrogen-bond acceptors (Lipinski definition) is 5. The first-order valence-corrected chi connectivity index (χ1v) is 6.34. The van der Waals surface area contributed by atoms with Gasteiger partial charge in [0.1, 0.15) is 11.1 Å². The second-order valence-corrected chi connectivity index (χ2v) is 4.96. The van der Waals surface area contributed by atoms with Crippen LogP contribution in [0.2, 0.25) is 5.02 Å². The van der Waals surface area contributed by atoms with Crippen LogP contribution < -0.4 is 0 Å². The van der Waals surface area contributed by atoms with E-state index in [9.17, 15) is 0 Å². The van der Waals surface area contributed by atoms with Crippen molar-refractivity contribution in [2.45, 2.75) is 24.0 Å². The Balaban J connectivity index is 2.37. The van der Waals surface area contributed by atoms with E-state index in [1.165, 1.54) is 11.8 Å². The molecule has 0 N–H and O–H groups in total. The normalized spacial score (nSPS) is 10.1. The number of nitrogens with zero attached hydrogens (tertiary/aromatic N) is 4. The first-order valence-electron chi connectivity index (χ1n) is 5.15. The van der Waals surface area contributed by atoms with Crippen molar-refractivity contribution in [1.29, 1.82) is 5.26 Å². The smallest absolute Gasteiger partial charge is 0.194 e. The lowest BCUT2D eigenvalue weighted by atomic mass is 10.3. The van der Waals surface area contributed by atoms with Gasteiger partial charge in [0.25, 0.3) is 0 Å². The summed E-state index contributed by atoms with van der Waals surface area (Å²) in [5.74, 6) is 0. The lowest BCUT2D eigenvalue weighted by Gasteiger charge is -2.04. The van der Waals surface area contributed by atoms with E-state index in [4.69, 9.17) is 16.9 Å². The molecule has 0 aromatic carbocycles. The van der Waals surface area contributed by atoms with Crippen LogP contribution in [0, 0.1) is 25.2 Å². The second-order valence-electron chi connectivity index (χ2n) is 3.62. The van der Waals surface area contributed by atoms with E-state index in [1.807, 2.05) is 26.0 Å². The number of hydrogen-bond donors (Lipinski definition) is 0. The van der Waals surface area contributed by atoms with Gasteiger partial charge in [0, 0.05) is 17.6 Å². The maximum absolute atomic E-state index is 8.89. The van der Waals surface area contributed by atoms with Crippen LogP contribution >= 0.6 is 23.4 Å². The molecule has 0 bridgehead atoms. The van der Waals surface area contributed by atoms with Gasteiger partial charge < -0.3 is 0 Å². The zero-order valence-electron chi connectivity index (χ0n) is 9.81. The highest BCUT2D eigenvalue weighted by atomic mass is 35.5. The molecule has 0 saturated carbocycles. The number of aromatic nitrogens is 3. The molecule has 0 spiro atoms. The highest BCUT2D eigenvalue weighted by molar-refractivity contribution is 7.99. The highest BCUT2D eigenvalue weighted by Gasteiger charge is 2.11. The summed E-state index contributed by atoms with van der Waals surface area (Å²) in [4.78, 5) is 12.7. The summed E-state index contributed by atoms with van der Waals surface area (Å²) in [5.41, 5.74) is 2.17. The molecule has 0 aliphatic carbocycles. The molecule has 0 unspecified atom stereocenters. The van der Waals surface area contributed by atoms with Gasteiger partial charge in [-0.05, 0) is 37.7 Å². The fourth-order valence-corrected chi connectivity index (χ4v) is 2.54. The van der Waals surface area contributed by atoms with Gasteiger partial charge in [-0.1, -0.05) is 11.6 Å². The minimum atomic E-state index is 0.341. The molecule has 2 rings (SSSR count). The van der Waals surface area contributed by atoms with Gasteiger partial charge >= 0.3 is 0 Å². The Labute approximate surface area is 114 Å². The van der Waals surface area contributed by atoms with Gasteiger partial charge in [0.15, 0.2) is 5.16 Å². The second kappa shape index (κ2) is 5.34. The van der Waals surface area contributed by atoms with E-state index >= 15 is 0 Å². The van der Waals surface area contributed by atoms with Crippen LogP contribution in [-0.2, 0) is 0 Å². The quantitative estimate of drug-likeness (QED) is 0.789. The van der Waals surface area contributed by atoms with Crippen molar-refractivity contribution in [2.24, 2.45) is 0 Å². The fraction of sp³-hybridized carbons (Fsp3) is 0.167. The molecule has 0 aliphatic rings. The molecule has 0 atom stereocenters. The van der Waals surface area contributed by atoms with E-state index in [1.54, 1.807) is 12.3 Å². The van der Waals surface area contributed by atoms with Gasteiger partial charge in [-0.3, -0.25) is 0 Å². The van der Waals surface area contributed by atoms with Crippen LogP contribution in [0.4, 0.5) is 0 Å². The van der Waals surface area contributed by atoms with Gasteiger partial charge in [0.2, 0.25) is 0 Å². The summed E-state index contributed by atoms with van der Waals surface area (Å²) in [5, 5.41) is 10.4. The Morgan fingerprint density at radius 1 is 1.28 bits per heavy atom. The van der Waals surface area contributed by atoms with Crippen molar-refractivity contribution >= 4 is 23.4 Å². The lowest BCUT2D eigenvalue weighted by Crippen LogP contribution is -1.94. The van der Waals surface area contributed by atoms with Crippen molar-refractivity contribution < 1.29 is 0 Å². The molecule has 18 heavy (non-hydrogen) atoms. The van der Waals surface area contributed by atoms with Crippen LogP contribution in [0.3, 0.4) is 0 Å². The van der Waals surface area contributed by atoms with E-state index in [0.717, 1.165) is 11.4 Å². The third kappa shape index (κ3) is 2.78. The van der Waals surface area contributed by atoms with E-state index in [2.05, 4.69) is 15.0 Å². The summed E-state index contributed by atoms with van der Waals surface area (Å²) < 4.78 is 0. The van der Waals surface area contributed by atoms with Crippen molar-refractivity contribution in [3.05, 3.63) is 40.3 Å². The van der Waals surface area contributed by atoms with Crippen LogP contribution in [0.1, 0.15) is 17.0 Å². The van der Waals surface area contributed by atoms with Crippen molar-refractivity contribution in [3.63, 3.8) is 0 Å². The molecular formula is C12H9ClN4S. The zero-order chi connectivity index (χ0) is 13.1. The van der Waals surface area contributed by atoms with Crippen molar-refractivity contribution in [2.75, 3.05) is 0 Å². The van der Waals surface area contributed by atoms with Crippen molar-refractivity contribution in [3.8, 4) is 6.07 Å². The van der Waals surface area contributed by atoms with E-state index in [-0.39, 0.29) is 0 Å². The molecule has 0 saturated heterocycles. The molecule has 2 heterocycles. The molecule has 0 amide bonds. The third-order valence-electron chi connectivity index (χ3n) is 2.13. The molecular weight excluding hydrogens is 268 g/mol. The summed E-state index contributed by atoms with van der Waals surface area (Å²) in [6.45, 7) is 3.80. The third-order valence-corrected chi connectivity index (χ3v) is 3.49. The standard InChI is InChI=1S/C12H9ClN4S/c1-7-5-8(2)17-12(16-7)18-11-10(13)9(6-14)3-4-15-11/h3-5H,1-2H3. The Kier molecular flexibility index (Phi) is 3.80. The number of halogens is 1. The molecule has 6 heteroatoms. The molecule has 2 aromatic rings. The van der Waals surface area contributed by atoms with Gasteiger partial charge in [-0.25, -0.2) is 15.0 Å². The highest BCUT2D eigenvalue weighted by Crippen LogP contribution is 2.31. The minimum Gasteiger partial charge on any atom is -0.248 e. The Morgan fingerprint density at radius 3 is 2.56 bits per heavy atom. The Morgan fingerprint density at radius 2 is 1.94 bits per heavy atom. The fourth-order valence-electron chi connectivity index (χ4n) is 1.41. The monoisotopic (exact) mass is 276 g/mol. The van der Waals surface area contributed by atoms with Crippen LogP contribution in [-0.4, -0.2) is 15.0 Å². The van der Waals surface area contributed by atoms with Crippen LogP contribution in [0.15, 0.2) is 28.5 Å². The molecule has 0 aliphatic heterocycles. The number of rotatable bonds is 2. The van der Waals surface area contributed by atoms with Crippen molar-refractivity contribution in [1.82, 2.24) is 15.0 Å². The van der Waals surface area contributed by atoms with Crippen LogP contribution in [0.5, 0.6) is 0 Å². The number of nitriles is 1. The average molecular weight is 277 g/mol. The number of aryl methyl sites for hydroxylation is 2. The lowest BCUT2D eigenvalue weighted by molar-refractivity contribution is 0.899. The summed E-state index contributed by atoms with van der Waals surface area (Å²) in [6, 6.07) is 5.49. The molecule has 0 radical (unpaired) electrons. The topological polar surface area (TPSA) is 62.5 Å². The van der Waals surface area contributed by atoms with Gasteiger partial charge in [-0.15, -0.1) is 0 Å². The number of pyridine rings is 1. The van der Waals surface area contributed by atoms with Gasteiger partial charge in [-0.2, -0.15) is 5.26 Å². The summed E-state index contributed by atoms with van der Waals surface area (Å²) >= 11 is 7.33. The maximum atomic E-state index is 8.89. The molecule has 2 aromatic heterocycles. The molecule has 0 fully saturated rings. The predicted molar refractivity (Wildman–Crippen MR) is 69.6 cm³/mol. The van der Waals surface area contributed by atoms with E-state index in [0.29, 0.717) is 20.8 Å². The Hall–Kier alpha value is -1.64. The van der Waals surface area contributed by atoms with Gasteiger partial charge in [0.05, 0.1) is 10.6 Å². The van der Waals surface area contributed by atoms with Crippen LogP contribution in [0.25, 0.3) is 0 Å². The molecule has 4 nitrogen and oxygen atoms in total. The SMILES string of the molecule is Cc1cc(C)nc(Sc2nccc(C#N)c2Cl)n1. The first-order chi connectivity index (χ1) is 8.60. The largest absolute Gasteiger partial charge is 0.248 e. The average Bonchev–Trinajstić information content (AvgIpc) is 2.30. The molecule has 90 valence electrons. The zero-order valence-corrected chi connectivity index (χ0v) is 11.4. The Bertz CT molecular complexity index is 616. The first kappa shape index (κ1) is 12.8. The minimum absolute atomic E-state index is 0.341.